The highest BCUT2D eigenvalue weighted by Gasteiger charge is 2.35. The van der Waals surface area contributed by atoms with Gasteiger partial charge in [0.05, 0.1) is 23.2 Å². The number of hydrogen-bond acceptors (Lipinski definition) is 8. The van der Waals surface area contributed by atoms with Crippen molar-refractivity contribution >= 4 is 39.9 Å². The smallest absolute Gasteiger partial charge is 0.322 e. The van der Waals surface area contributed by atoms with Gasteiger partial charge in [0, 0.05) is 17.6 Å². The Kier molecular flexibility index (Phi) is 7.17. The van der Waals surface area contributed by atoms with E-state index < -0.39 is 21.2 Å². The lowest BCUT2D eigenvalue weighted by Crippen LogP contribution is -2.36. The first-order valence-electron chi connectivity index (χ1n) is 7.46. The molecule has 0 aliphatic carbocycles. The maximum atomic E-state index is 12.3. The number of aromatic nitrogens is 1. The average molecular weight is 398 g/mol. The van der Waals surface area contributed by atoms with Gasteiger partial charge in [-0.3, -0.25) is 8.98 Å². The molecule has 0 aliphatic heterocycles. The average Bonchev–Trinajstić information content (AvgIpc) is 2.65. The van der Waals surface area contributed by atoms with Crippen molar-refractivity contribution in [1.82, 2.24) is 4.98 Å². The third-order valence-electron chi connectivity index (χ3n) is 2.74. The molecule has 0 bridgehead atoms. The molecule has 0 radical (unpaired) electrons. The summed E-state index contributed by atoms with van der Waals surface area (Å²) in [6.07, 6.45) is 1.79. The van der Waals surface area contributed by atoms with Gasteiger partial charge in [-0.1, -0.05) is 11.8 Å². The number of carbonyl (C=O) groups is 1. The molecule has 0 aliphatic rings. The molecular formula is C15H27NO5S3. The zero-order valence-electron chi connectivity index (χ0n) is 15.2. The predicted molar refractivity (Wildman–Crippen MR) is 101 cm³/mol. The van der Waals surface area contributed by atoms with E-state index in [-0.39, 0.29) is 12.6 Å². The Labute approximate surface area is 153 Å². The molecule has 9 heteroatoms. The van der Waals surface area contributed by atoms with Crippen LogP contribution in [0.4, 0.5) is 0 Å². The molecule has 0 atom stereocenters. The number of thiazole rings is 1. The molecule has 0 fully saturated rings. The van der Waals surface area contributed by atoms with Gasteiger partial charge in [-0.25, -0.2) is 4.98 Å². The molecule has 0 amide bonds. The van der Waals surface area contributed by atoms with E-state index in [4.69, 9.17) is 8.92 Å². The Morgan fingerprint density at radius 3 is 2.38 bits per heavy atom. The van der Waals surface area contributed by atoms with E-state index >= 15 is 0 Å². The Bertz CT molecular complexity index is 573. The van der Waals surface area contributed by atoms with Crippen LogP contribution in [0.2, 0.25) is 0 Å². The van der Waals surface area contributed by atoms with Crippen LogP contribution in [0.15, 0.2) is 4.34 Å². The first-order valence-corrected chi connectivity index (χ1v) is 11.0. The fourth-order valence-electron chi connectivity index (χ4n) is 1.63. The SMILES string of the molecule is Cc1nc(SC(C)(C)C(=O)OC(C)(C)C)sc1CCOS(C)(O)O. The summed E-state index contributed by atoms with van der Waals surface area (Å²) in [6, 6.07) is 0. The molecule has 1 rings (SSSR count). The summed E-state index contributed by atoms with van der Waals surface area (Å²) in [7, 11) is -2.94. The Morgan fingerprint density at radius 1 is 1.29 bits per heavy atom. The summed E-state index contributed by atoms with van der Waals surface area (Å²) >= 11 is 2.85. The second-order valence-corrected chi connectivity index (χ2v) is 11.7. The summed E-state index contributed by atoms with van der Waals surface area (Å²) in [4.78, 5) is 17.8. The number of nitrogens with zero attached hydrogens (tertiary/aromatic N) is 1. The zero-order chi connectivity index (χ0) is 18.8. The minimum Gasteiger partial charge on any atom is -0.459 e. The van der Waals surface area contributed by atoms with Crippen LogP contribution in [0.1, 0.15) is 45.2 Å². The van der Waals surface area contributed by atoms with E-state index in [1.807, 2.05) is 41.5 Å². The molecular weight excluding hydrogens is 370 g/mol. The molecule has 0 aromatic carbocycles. The minimum atomic E-state index is -2.94. The van der Waals surface area contributed by atoms with Gasteiger partial charge in [0.1, 0.15) is 10.3 Å². The molecule has 24 heavy (non-hydrogen) atoms. The van der Waals surface area contributed by atoms with Crippen molar-refractivity contribution in [2.75, 3.05) is 12.9 Å². The van der Waals surface area contributed by atoms with Crippen LogP contribution in [-0.4, -0.2) is 43.3 Å². The van der Waals surface area contributed by atoms with Gasteiger partial charge in [0.2, 0.25) is 0 Å². The van der Waals surface area contributed by atoms with Crippen LogP contribution in [-0.2, 0) is 20.1 Å². The summed E-state index contributed by atoms with van der Waals surface area (Å²) in [5.41, 5.74) is 0.332. The van der Waals surface area contributed by atoms with E-state index in [0.29, 0.717) is 6.42 Å². The van der Waals surface area contributed by atoms with Gasteiger partial charge >= 0.3 is 5.97 Å². The predicted octanol–water partition coefficient (Wildman–Crippen LogP) is 4.52. The maximum Gasteiger partial charge on any atom is 0.322 e. The molecule has 6 nitrogen and oxygen atoms in total. The van der Waals surface area contributed by atoms with Gasteiger partial charge in [-0.2, -0.15) is 0 Å². The van der Waals surface area contributed by atoms with E-state index in [9.17, 15) is 13.9 Å². The fraction of sp³-hybridized carbons (Fsp3) is 0.733. The number of rotatable bonds is 7. The quantitative estimate of drug-likeness (QED) is 0.516. The zero-order valence-corrected chi connectivity index (χ0v) is 17.7. The molecule has 1 heterocycles. The van der Waals surface area contributed by atoms with E-state index in [0.717, 1.165) is 14.9 Å². The molecule has 0 saturated carbocycles. The van der Waals surface area contributed by atoms with Gasteiger partial charge in [0.15, 0.2) is 4.34 Å². The van der Waals surface area contributed by atoms with E-state index in [1.54, 1.807) is 0 Å². The van der Waals surface area contributed by atoms with Crippen molar-refractivity contribution in [3.63, 3.8) is 0 Å². The lowest BCUT2D eigenvalue weighted by Gasteiger charge is -2.27. The first-order chi connectivity index (χ1) is 10.7. The van der Waals surface area contributed by atoms with Crippen LogP contribution in [0.3, 0.4) is 0 Å². The van der Waals surface area contributed by atoms with E-state index in [1.165, 1.54) is 29.4 Å². The molecule has 1 aromatic rings. The van der Waals surface area contributed by atoms with Crippen LogP contribution < -0.4 is 0 Å². The molecule has 0 unspecified atom stereocenters. The summed E-state index contributed by atoms with van der Waals surface area (Å²) in [6.45, 7) is 11.3. The minimum absolute atomic E-state index is 0.210. The lowest BCUT2D eigenvalue weighted by molar-refractivity contribution is -0.156. The highest BCUT2D eigenvalue weighted by molar-refractivity contribution is 8.19. The van der Waals surface area contributed by atoms with Gasteiger partial charge in [-0.05, 0) is 41.5 Å². The largest absolute Gasteiger partial charge is 0.459 e. The van der Waals surface area contributed by atoms with Crippen LogP contribution in [0, 0.1) is 6.92 Å². The van der Waals surface area contributed by atoms with Gasteiger partial charge in [0.25, 0.3) is 0 Å². The van der Waals surface area contributed by atoms with Crippen molar-refractivity contribution in [2.24, 2.45) is 0 Å². The molecule has 0 spiro atoms. The first kappa shape index (κ1) is 21.7. The number of esters is 1. The highest BCUT2D eigenvalue weighted by atomic mass is 32.3. The number of thioether (sulfide) groups is 1. The Morgan fingerprint density at radius 2 is 1.88 bits per heavy atom. The molecule has 140 valence electrons. The van der Waals surface area contributed by atoms with Gasteiger partial charge in [-0.15, -0.1) is 11.3 Å². The Hall–Kier alpha value is -0.320. The molecule has 0 saturated heterocycles. The van der Waals surface area contributed by atoms with Crippen molar-refractivity contribution in [3.05, 3.63) is 10.6 Å². The van der Waals surface area contributed by atoms with Crippen molar-refractivity contribution < 1.29 is 22.8 Å². The van der Waals surface area contributed by atoms with E-state index in [2.05, 4.69) is 4.98 Å². The van der Waals surface area contributed by atoms with Crippen molar-refractivity contribution in [3.8, 4) is 0 Å². The summed E-state index contributed by atoms with van der Waals surface area (Å²) in [5, 5.41) is 0. The van der Waals surface area contributed by atoms with Crippen LogP contribution >= 0.6 is 34.0 Å². The third-order valence-corrected chi connectivity index (χ3v) is 5.81. The monoisotopic (exact) mass is 397 g/mol. The summed E-state index contributed by atoms with van der Waals surface area (Å²) < 4.78 is 28.9. The van der Waals surface area contributed by atoms with Gasteiger partial charge < -0.3 is 13.8 Å². The second kappa shape index (κ2) is 7.92. The topological polar surface area (TPSA) is 88.9 Å². The standard InChI is InChI=1S/C15H27NO5S3/c1-10-11(8-9-20-24(7,18)19)22-13(16-10)23-15(5,6)12(17)21-14(2,3)4/h18-19H,8-9H2,1-7H3. The third kappa shape index (κ3) is 7.71. The maximum absolute atomic E-state index is 12.3. The lowest BCUT2D eigenvalue weighted by atomic mass is 10.1. The Balaban J connectivity index is 2.71. The number of hydrogen-bond donors (Lipinski definition) is 2. The number of aryl methyl sites for hydroxylation is 1. The van der Waals surface area contributed by atoms with Crippen LogP contribution in [0.5, 0.6) is 0 Å². The van der Waals surface area contributed by atoms with Crippen molar-refractivity contribution in [2.45, 2.75) is 62.7 Å². The second-order valence-electron chi connectivity index (χ2n) is 6.94. The van der Waals surface area contributed by atoms with Crippen LogP contribution in [0.25, 0.3) is 0 Å². The fourth-order valence-corrected chi connectivity index (χ4v) is 4.64. The van der Waals surface area contributed by atoms with Crippen molar-refractivity contribution in [1.29, 1.82) is 0 Å². The molecule has 1 aromatic heterocycles. The highest BCUT2D eigenvalue weighted by Crippen LogP contribution is 2.39. The number of ether oxygens (including phenoxy) is 1. The molecule has 2 N–H and O–H groups in total. The summed E-state index contributed by atoms with van der Waals surface area (Å²) in [5.74, 6) is -0.280. The normalized spacial score (nSPS) is 13.9. The number of carbonyl (C=O) groups excluding carboxylic acids is 1.